The normalized spacial score (nSPS) is 17.6. The fourth-order valence-electron chi connectivity index (χ4n) is 3.20. The first-order chi connectivity index (χ1) is 11.5. The van der Waals surface area contributed by atoms with E-state index in [-0.39, 0.29) is 11.5 Å². The van der Waals surface area contributed by atoms with Gasteiger partial charge in [-0.1, -0.05) is 25.9 Å². The smallest absolute Gasteiger partial charge is 0.262 e. The first-order valence-electron chi connectivity index (χ1n) is 8.35. The molecular weight excluding hydrogens is 324 g/mol. The lowest BCUT2D eigenvalue weighted by Crippen LogP contribution is -2.22. The van der Waals surface area contributed by atoms with Crippen molar-refractivity contribution in [2.24, 2.45) is 5.92 Å². The third-order valence-corrected chi connectivity index (χ3v) is 5.73. The molecule has 3 aromatic heterocycles. The largest absolute Gasteiger partial charge is 0.339 e. The lowest BCUT2D eigenvalue weighted by Gasteiger charge is -2.17. The Morgan fingerprint density at radius 2 is 2.29 bits per heavy atom. The van der Waals surface area contributed by atoms with Crippen LogP contribution in [-0.4, -0.2) is 19.7 Å². The molecule has 0 saturated carbocycles. The third-order valence-electron chi connectivity index (χ3n) is 4.57. The van der Waals surface area contributed by atoms with E-state index in [0.29, 0.717) is 24.2 Å². The minimum Gasteiger partial charge on any atom is -0.339 e. The van der Waals surface area contributed by atoms with Gasteiger partial charge in [0.15, 0.2) is 5.82 Å². The van der Waals surface area contributed by atoms with Crippen molar-refractivity contribution in [3.63, 3.8) is 0 Å². The SMILES string of the molecule is CC(C)c1nc(Cn2cnc3sc4c(c3c2=O)CC[C@H](C)C4)no1. The van der Waals surface area contributed by atoms with Crippen LogP contribution >= 0.6 is 11.3 Å². The van der Waals surface area contributed by atoms with Gasteiger partial charge in [0, 0.05) is 10.8 Å². The van der Waals surface area contributed by atoms with E-state index in [1.165, 1.54) is 10.4 Å². The Kier molecular flexibility index (Phi) is 3.75. The summed E-state index contributed by atoms with van der Waals surface area (Å²) in [5, 5.41) is 4.76. The predicted octanol–water partition coefficient (Wildman–Crippen LogP) is 3.14. The quantitative estimate of drug-likeness (QED) is 0.730. The molecule has 0 aromatic carbocycles. The van der Waals surface area contributed by atoms with Crippen LogP contribution < -0.4 is 5.56 Å². The summed E-state index contributed by atoms with van der Waals surface area (Å²) >= 11 is 1.67. The van der Waals surface area contributed by atoms with Crippen LogP contribution in [-0.2, 0) is 19.4 Å². The summed E-state index contributed by atoms with van der Waals surface area (Å²) in [5.74, 6) is 1.96. The standard InChI is InChI=1S/C17H20N4O2S/c1-9(2)15-19-13(20-23-15)7-21-8-18-16-14(17(21)22)11-5-4-10(3)6-12(11)24-16/h8-10H,4-7H2,1-3H3/t10-/m0/s1. The molecule has 1 atom stereocenters. The molecule has 24 heavy (non-hydrogen) atoms. The number of fused-ring (bicyclic) bond motifs is 3. The number of hydrogen-bond acceptors (Lipinski definition) is 6. The molecular formula is C17H20N4O2S. The molecule has 0 fully saturated rings. The van der Waals surface area contributed by atoms with Gasteiger partial charge in [0.25, 0.3) is 5.56 Å². The maximum absolute atomic E-state index is 12.9. The minimum atomic E-state index is 0.00273. The predicted molar refractivity (Wildman–Crippen MR) is 92.6 cm³/mol. The van der Waals surface area contributed by atoms with Gasteiger partial charge >= 0.3 is 0 Å². The maximum Gasteiger partial charge on any atom is 0.262 e. The van der Waals surface area contributed by atoms with Crippen molar-refractivity contribution in [3.05, 3.63) is 38.8 Å². The van der Waals surface area contributed by atoms with Crippen LogP contribution in [0.1, 0.15) is 55.3 Å². The van der Waals surface area contributed by atoms with E-state index in [9.17, 15) is 4.79 Å². The molecule has 3 heterocycles. The summed E-state index contributed by atoms with van der Waals surface area (Å²) in [5.41, 5.74) is 1.21. The fraction of sp³-hybridized carbons (Fsp3) is 0.529. The summed E-state index contributed by atoms with van der Waals surface area (Å²) < 4.78 is 6.80. The lowest BCUT2D eigenvalue weighted by atomic mass is 9.89. The van der Waals surface area contributed by atoms with E-state index in [0.717, 1.165) is 29.5 Å². The second kappa shape index (κ2) is 5.81. The van der Waals surface area contributed by atoms with Gasteiger partial charge in [0.05, 0.1) is 18.3 Å². The molecule has 0 bridgehead atoms. The molecule has 7 heteroatoms. The van der Waals surface area contributed by atoms with E-state index in [1.54, 1.807) is 22.2 Å². The van der Waals surface area contributed by atoms with E-state index in [1.807, 2.05) is 13.8 Å². The average molecular weight is 344 g/mol. The van der Waals surface area contributed by atoms with Crippen molar-refractivity contribution in [2.45, 2.75) is 52.5 Å². The molecule has 0 amide bonds. The number of thiophene rings is 1. The Morgan fingerprint density at radius 1 is 1.46 bits per heavy atom. The van der Waals surface area contributed by atoms with Gasteiger partial charge < -0.3 is 4.52 Å². The molecule has 3 aromatic rings. The van der Waals surface area contributed by atoms with Crippen molar-refractivity contribution in [1.82, 2.24) is 19.7 Å². The number of rotatable bonds is 3. The van der Waals surface area contributed by atoms with Crippen molar-refractivity contribution in [1.29, 1.82) is 0 Å². The molecule has 0 aliphatic heterocycles. The van der Waals surface area contributed by atoms with Crippen LogP contribution in [0.3, 0.4) is 0 Å². The van der Waals surface area contributed by atoms with Crippen LogP contribution in [0.4, 0.5) is 0 Å². The highest BCUT2D eigenvalue weighted by molar-refractivity contribution is 7.18. The molecule has 0 saturated heterocycles. The number of aryl methyl sites for hydroxylation is 1. The summed E-state index contributed by atoms with van der Waals surface area (Å²) in [6, 6.07) is 0. The van der Waals surface area contributed by atoms with E-state index in [2.05, 4.69) is 22.0 Å². The molecule has 126 valence electrons. The summed E-state index contributed by atoms with van der Waals surface area (Å²) in [6.45, 7) is 6.55. The Labute approximate surface area is 143 Å². The van der Waals surface area contributed by atoms with Crippen LogP contribution in [0, 0.1) is 5.92 Å². The summed E-state index contributed by atoms with van der Waals surface area (Å²) in [4.78, 5) is 24.0. The zero-order chi connectivity index (χ0) is 16.8. The molecule has 4 rings (SSSR count). The molecule has 1 aliphatic rings. The molecule has 0 N–H and O–H groups in total. The van der Waals surface area contributed by atoms with Crippen molar-refractivity contribution < 1.29 is 4.52 Å². The second-order valence-electron chi connectivity index (χ2n) is 6.91. The van der Waals surface area contributed by atoms with E-state index < -0.39 is 0 Å². The van der Waals surface area contributed by atoms with Gasteiger partial charge in [0.2, 0.25) is 5.89 Å². The zero-order valence-electron chi connectivity index (χ0n) is 14.1. The van der Waals surface area contributed by atoms with Gasteiger partial charge in [0.1, 0.15) is 4.83 Å². The Bertz CT molecular complexity index is 953. The van der Waals surface area contributed by atoms with Gasteiger partial charge in [-0.3, -0.25) is 9.36 Å². The Hall–Kier alpha value is -2.02. The molecule has 0 spiro atoms. The molecule has 0 unspecified atom stereocenters. The van der Waals surface area contributed by atoms with Gasteiger partial charge in [-0.05, 0) is 30.7 Å². The zero-order valence-corrected chi connectivity index (χ0v) is 14.9. The number of nitrogens with zero attached hydrogens (tertiary/aromatic N) is 4. The summed E-state index contributed by atoms with van der Waals surface area (Å²) in [6.07, 6.45) is 4.76. The van der Waals surface area contributed by atoms with E-state index in [4.69, 9.17) is 4.52 Å². The lowest BCUT2D eigenvalue weighted by molar-refractivity contribution is 0.359. The highest BCUT2D eigenvalue weighted by atomic mass is 32.1. The highest BCUT2D eigenvalue weighted by Gasteiger charge is 2.23. The van der Waals surface area contributed by atoms with Crippen LogP contribution in [0.2, 0.25) is 0 Å². The topological polar surface area (TPSA) is 73.8 Å². The van der Waals surface area contributed by atoms with Crippen molar-refractivity contribution in [2.75, 3.05) is 0 Å². The summed E-state index contributed by atoms with van der Waals surface area (Å²) in [7, 11) is 0. The van der Waals surface area contributed by atoms with Crippen molar-refractivity contribution >= 4 is 21.6 Å². The maximum atomic E-state index is 12.9. The Morgan fingerprint density at radius 3 is 3.04 bits per heavy atom. The van der Waals surface area contributed by atoms with Gasteiger partial charge in [-0.2, -0.15) is 4.98 Å². The van der Waals surface area contributed by atoms with E-state index >= 15 is 0 Å². The van der Waals surface area contributed by atoms with Gasteiger partial charge in [-0.15, -0.1) is 11.3 Å². The monoisotopic (exact) mass is 344 g/mol. The number of hydrogen-bond donors (Lipinski definition) is 0. The minimum absolute atomic E-state index is 0.00273. The van der Waals surface area contributed by atoms with Crippen LogP contribution in [0.15, 0.2) is 15.6 Å². The fourth-order valence-corrected chi connectivity index (χ4v) is 4.54. The third kappa shape index (κ3) is 2.56. The van der Waals surface area contributed by atoms with Gasteiger partial charge in [-0.25, -0.2) is 4.98 Å². The average Bonchev–Trinajstić information content (AvgIpc) is 3.14. The molecule has 1 aliphatic carbocycles. The first-order valence-corrected chi connectivity index (χ1v) is 9.16. The highest BCUT2D eigenvalue weighted by Crippen LogP contribution is 2.35. The number of aromatic nitrogens is 4. The van der Waals surface area contributed by atoms with Crippen LogP contribution in [0.25, 0.3) is 10.2 Å². The van der Waals surface area contributed by atoms with Crippen LogP contribution in [0.5, 0.6) is 0 Å². The van der Waals surface area contributed by atoms with Crippen molar-refractivity contribution in [3.8, 4) is 0 Å². The Balaban J connectivity index is 1.74. The first kappa shape index (κ1) is 15.5. The molecule has 6 nitrogen and oxygen atoms in total. The molecule has 0 radical (unpaired) electrons. The second-order valence-corrected chi connectivity index (χ2v) is 8.00.